The quantitative estimate of drug-likeness (QED) is 0.735. The Labute approximate surface area is 124 Å². The fraction of sp³-hybridized carbons (Fsp3) is 0.364. The molecule has 21 heavy (non-hydrogen) atoms. The minimum atomic E-state index is -0.576. The van der Waals surface area contributed by atoms with Crippen LogP contribution in [0.25, 0.3) is 0 Å². The third-order valence-corrected chi connectivity index (χ3v) is 2.98. The molecule has 112 valence electrons. The zero-order valence-electron chi connectivity index (χ0n) is 11.2. The van der Waals surface area contributed by atoms with E-state index in [1.165, 1.54) is 13.3 Å². The second-order valence-electron chi connectivity index (χ2n) is 4.00. The van der Waals surface area contributed by atoms with Gasteiger partial charge >= 0.3 is 5.97 Å². The lowest BCUT2D eigenvalue weighted by molar-refractivity contribution is -0.141. The third kappa shape index (κ3) is 3.78. The van der Waals surface area contributed by atoms with Crippen molar-refractivity contribution in [3.8, 4) is 0 Å². The van der Waals surface area contributed by atoms with Gasteiger partial charge in [0.25, 0.3) is 5.56 Å². The summed E-state index contributed by atoms with van der Waals surface area (Å²) in [5.41, 5.74) is -0.171. The molecule has 2 aromatic heterocycles. The van der Waals surface area contributed by atoms with Gasteiger partial charge in [0, 0.05) is 12.7 Å². The molecule has 0 amide bonds. The van der Waals surface area contributed by atoms with Crippen molar-refractivity contribution in [3.05, 3.63) is 34.0 Å². The summed E-state index contributed by atoms with van der Waals surface area (Å²) in [4.78, 5) is 23.1. The van der Waals surface area contributed by atoms with E-state index >= 15 is 0 Å². The number of aromatic nitrogens is 5. The summed E-state index contributed by atoms with van der Waals surface area (Å²) in [6.45, 7) is 0.765. The van der Waals surface area contributed by atoms with Crippen LogP contribution in [0.4, 0.5) is 5.69 Å². The molecule has 2 rings (SSSR count). The molecular weight excluding hydrogens is 300 g/mol. The van der Waals surface area contributed by atoms with Crippen LogP contribution in [0.5, 0.6) is 0 Å². The van der Waals surface area contributed by atoms with Gasteiger partial charge in [-0.3, -0.25) is 14.3 Å². The Morgan fingerprint density at radius 1 is 1.52 bits per heavy atom. The lowest BCUT2D eigenvalue weighted by atomic mass is 10.4. The van der Waals surface area contributed by atoms with Gasteiger partial charge in [-0.15, -0.1) is 5.10 Å². The van der Waals surface area contributed by atoms with Crippen molar-refractivity contribution in [1.82, 2.24) is 24.8 Å². The van der Waals surface area contributed by atoms with Crippen molar-refractivity contribution in [2.24, 2.45) is 0 Å². The van der Waals surface area contributed by atoms with Gasteiger partial charge in [-0.1, -0.05) is 16.8 Å². The van der Waals surface area contributed by atoms with Crippen LogP contribution in [-0.2, 0) is 22.6 Å². The number of hydrogen-bond donors (Lipinski definition) is 1. The highest BCUT2D eigenvalue weighted by molar-refractivity contribution is 6.32. The molecule has 0 spiro atoms. The molecule has 9 nitrogen and oxygen atoms in total. The summed E-state index contributed by atoms with van der Waals surface area (Å²) in [6, 6.07) is 0. The molecule has 0 bridgehead atoms. The average Bonchev–Trinajstić information content (AvgIpc) is 2.99. The van der Waals surface area contributed by atoms with Crippen molar-refractivity contribution in [3.63, 3.8) is 0 Å². The molecule has 0 radical (unpaired) electrons. The van der Waals surface area contributed by atoms with Crippen molar-refractivity contribution < 1.29 is 9.53 Å². The first-order chi connectivity index (χ1) is 10.1. The van der Waals surface area contributed by atoms with Crippen molar-refractivity contribution in [1.29, 1.82) is 0 Å². The molecule has 0 aromatic carbocycles. The molecule has 0 saturated carbocycles. The van der Waals surface area contributed by atoms with E-state index in [0.717, 1.165) is 4.68 Å². The highest BCUT2D eigenvalue weighted by atomic mass is 35.5. The molecule has 0 fully saturated rings. The summed E-state index contributed by atoms with van der Waals surface area (Å²) in [5.74, 6) is -0.576. The predicted molar refractivity (Wildman–Crippen MR) is 74.0 cm³/mol. The molecule has 2 heterocycles. The zero-order valence-corrected chi connectivity index (χ0v) is 11.9. The Morgan fingerprint density at radius 2 is 2.33 bits per heavy atom. The molecule has 2 aromatic rings. The zero-order chi connectivity index (χ0) is 15.2. The fourth-order valence-electron chi connectivity index (χ4n) is 1.54. The number of hydrogen-bond acceptors (Lipinski definition) is 7. The number of nitrogens with zero attached hydrogens (tertiary/aromatic N) is 5. The topological polar surface area (TPSA) is 104 Å². The third-order valence-electron chi connectivity index (χ3n) is 2.62. The van der Waals surface area contributed by atoms with E-state index in [9.17, 15) is 9.59 Å². The minimum Gasteiger partial charge on any atom is -0.468 e. The van der Waals surface area contributed by atoms with Crippen LogP contribution < -0.4 is 10.9 Å². The molecular formula is C11H13ClN6O3. The molecule has 0 saturated heterocycles. The van der Waals surface area contributed by atoms with Crippen molar-refractivity contribution in [2.75, 3.05) is 19.0 Å². The summed E-state index contributed by atoms with van der Waals surface area (Å²) in [5, 5.41) is 14.3. The van der Waals surface area contributed by atoms with E-state index in [0.29, 0.717) is 18.8 Å². The normalized spacial score (nSPS) is 10.4. The van der Waals surface area contributed by atoms with Gasteiger partial charge in [-0.25, -0.2) is 4.68 Å². The summed E-state index contributed by atoms with van der Waals surface area (Å²) in [6.07, 6.45) is 4.67. The first-order valence-corrected chi connectivity index (χ1v) is 6.40. The van der Waals surface area contributed by atoms with Crippen LogP contribution in [0.3, 0.4) is 0 Å². The van der Waals surface area contributed by atoms with Gasteiger partial charge in [0.1, 0.15) is 11.6 Å². The maximum atomic E-state index is 11.9. The van der Waals surface area contributed by atoms with Gasteiger partial charge < -0.3 is 10.1 Å². The number of esters is 1. The van der Waals surface area contributed by atoms with Gasteiger partial charge in [-0.2, -0.15) is 5.10 Å². The Bertz CT molecular complexity index is 669. The summed E-state index contributed by atoms with van der Waals surface area (Å²) < 4.78 is 7.05. The minimum absolute atomic E-state index is 0.0347. The van der Waals surface area contributed by atoms with E-state index < -0.39 is 11.5 Å². The number of ether oxygens (including phenoxy) is 1. The molecule has 1 N–H and O–H groups in total. The molecule has 10 heteroatoms. The van der Waals surface area contributed by atoms with Crippen LogP contribution in [0.2, 0.25) is 5.02 Å². The Morgan fingerprint density at radius 3 is 3.00 bits per heavy atom. The average molecular weight is 313 g/mol. The van der Waals surface area contributed by atoms with E-state index in [1.54, 1.807) is 17.1 Å². The SMILES string of the molecule is COC(=O)Cn1ncc(NCCn2ccnn2)c(Cl)c1=O. The second-order valence-corrected chi connectivity index (χ2v) is 4.38. The van der Waals surface area contributed by atoms with Crippen molar-refractivity contribution in [2.45, 2.75) is 13.1 Å². The van der Waals surface area contributed by atoms with E-state index in [4.69, 9.17) is 11.6 Å². The lowest BCUT2D eigenvalue weighted by Gasteiger charge is -2.09. The van der Waals surface area contributed by atoms with Crippen LogP contribution in [-0.4, -0.2) is 44.4 Å². The molecule has 0 aliphatic rings. The fourth-order valence-corrected chi connectivity index (χ4v) is 1.76. The summed E-state index contributed by atoms with van der Waals surface area (Å²) in [7, 11) is 1.23. The Kier molecular flexibility index (Phi) is 4.88. The number of carbonyl (C=O) groups excluding carboxylic acids is 1. The maximum Gasteiger partial charge on any atom is 0.327 e. The Hall–Kier alpha value is -2.42. The maximum absolute atomic E-state index is 11.9. The van der Waals surface area contributed by atoms with Crippen LogP contribution >= 0.6 is 11.6 Å². The van der Waals surface area contributed by atoms with Crippen LogP contribution in [0.15, 0.2) is 23.4 Å². The second kappa shape index (κ2) is 6.84. The monoisotopic (exact) mass is 312 g/mol. The Balaban J connectivity index is 2.02. The van der Waals surface area contributed by atoms with Gasteiger partial charge in [0.15, 0.2) is 0 Å². The first-order valence-electron chi connectivity index (χ1n) is 6.02. The number of anilines is 1. The highest BCUT2D eigenvalue weighted by Crippen LogP contribution is 2.14. The van der Waals surface area contributed by atoms with Crippen LogP contribution in [0, 0.1) is 0 Å². The number of carbonyl (C=O) groups is 1. The largest absolute Gasteiger partial charge is 0.468 e. The molecule has 0 unspecified atom stereocenters. The standard InChI is InChI=1S/C11H13ClN6O3/c1-21-9(19)7-18-11(20)10(12)8(6-15-18)13-2-4-17-5-3-14-16-17/h3,5-6,13H,2,4,7H2,1H3. The smallest absolute Gasteiger partial charge is 0.327 e. The first kappa shape index (κ1) is 15.0. The van der Waals surface area contributed by atoms with Crippen molar-refractivity contribution >= 4 is 23.3 Å². The van der Waals surface area contributed by atoms with E-state index in [2.05, 4.69) is 25.5 Å². The van der Waals surface area contributed by atoms with E-state index in [1.807, 2.05) is 0 Å². The van der Waals surface area contributed by atoms with Gasteiger partial charge in [-0.05, 0) is 0 Å². The highest BCUT2D eigenvalue weighted by Gasteiger charge is 2.11. The van der Waals surface area contributed by atoms with E-state index in [-0.39, 0.29) is 11.6 Å². The molecule has 0 atom stereocenters. The molecule has 0 aliphatic carbocycles. The van der Waals surface area contributed by atoms with Crippen LogP contribution in [0.1, 0.15) is 0 Å². The molecule has 0 aliphatic heterocycles. The predicted octanol–water partition coefficient (Wildman–Crippen LogP) is -0.227. The number of nitrogens with one attached hydrogen (secondary N) is 1. The summed E-state index contributed by atoms with van der Waals surface area (Å²) >= 11 is 5.96. The lowest BCUT2D eigenvalue weighted by Crippen LogP contribution is -2.28. The number of rotatable bonds is 6. The number of methoxy groups -OCH3 is 1. The van der Waals surface area contributed by atoms with Gasteiger partial charge in [0.05, 0.1) is 31.7 Å². The van der Waals surface area contributed by atoms with Gasteiger partial charge in [0.2, 0.25) is 0 Å². The number of halogens is 1.